The number of likely N-dealkylation sites (tertiary alicyclic amines) is 1. The number of hydrogen-bond acceptors (Lipinski definition) is 4. The number of carbonyl (C=O) groups excluding carboxylic acids is 1. The molecule has 1 aromatic heterocycles. The first kappa shape index (κ1) is 19.0. The van der Waals surface area contributed by atoms with E-state index in [0.29, 0.717) is 16.5 Å². The van der Waals surface area contributed by atoms with Crippen LogP contribution in [0.2, 0.25) is 5.02 Å². The summed E-state index contributed by atoms with van der Waals surface area (Å²) in [6.07, 6.45) is 5.50. The molecule has 0 radical (unpaired) electrons. The number of amides is 1. The van der Waals surface area contributed by atoms with Crippen LogP contribution in [0.1, 0.15) is 38.2 Å². The maximum atomic E-state index is 12.9. The van der Waals surface area contributed by atoms with Crippen molar-refractivity contribution in [2.24, 2.45) is 11.8 Å². The molecule has 4 rings (SSSR count). The second-order valence-electron chi connectivity index (χ2n) is 8.06. The molecule has 146 valence electrons. The van der Waals surface area contributed by atoms with E-state index >= 15 is 0 Å². The third-order valence-corrected chi connectivity index (χ3v) is 6.41. The van der Waals surface area contributed by atoms with Gasteiger partial charge in [-0.1, -0.05) is 18.5 Å². The predicted octanol–water partition coefficient (Wildman–Crippen LogP) is 4.23. The summed E-state index contributed by atoms with van der Waals surface area (Å²) < 4.78 is 0. The zero-order valence-electron chi connectivity index (χ0n) is 16.2. The molecule has 0 spiro atoms. The molecule has 2 aliphatic heterocycles. The molecule has 0 aliphatic carbocycles. The third-order valence-electron chi connectivity index (χ3n) is 6.18. The van der Waals surface area contributed by atoms with E-state index in [2.05, 4.69) is 27.8 Å². The van der Waals surface area contributed by atoms with Gasteiger partial charge in [0, 0.05) is 48.7 Å². The third kappa shape index (κ3) is 3.66. The molecule has 28 heavy (non-hydrogen) atoms. The van der Waals surface area contributed by atoms with Gasteiger partial charge in [0.25, 0.3) is 0 Å². The summed E-state index contributed by atoms with van der Waals surface area (Å²) in [6.45, 7) is 5.58. The summed E-state index contributed by atoms with van der Waals surface area (Å²) in [4.78, 5) is 21.6. The number of anilines is 1. The lowest BCUT2D eigenvalue weighted by Gasteiger charge is -2.38. The maximum absolute atomic E-state index is 12.9. The smallest absolute Gasteiger partial charge is 0.225 e. The normalized spacial score (nSPS) is 19.0. The van der Waals surface area contributed by atoms with E-state index < -0.39 is 0 Å². The number of fused-ring (bicyclic) bond motifs is 1. The zero-order valence-corrected chi connectivity index (χ0v) is 17.0. The number of hydrogen-bond donors (Lipinski definition) is 0. The minimum absolute atomic E-state index is 0.0897. The van der Waals surface area contributed by atoms with Crippen LogP contribution in [-0.2, 0) is 4.79 Å². The molecule has 2 saturated heterocycles. The van der Waals surface area contributed by atoms with Gasteiger partial charge in [0.15, 0.2) is 0 Å². The van der Waals surface area contributed by atoms with Crippen LogP contribution in [0.4, 0.5) is 5.69 Å². The Labute approximate surface area is 170 Å². The van der Waals surface area contributed by atoms with Gasteiger partial charge in [0.05, 0.1) is 16.8 Å². The molecule has 0 N–H and O–H groups in total. The van der Waals surface area contributed by atoms with Crippen molar-refractivity contribution < 1.29 is 4.79 Å². The number of aromatic nitrogens is 1. The molecule has 1 aromatic carbocycles. The van der Waals surface area contributed by atoms with Gasteiger partial charge in [0.2, 0.25) is 5.91 Å². The highest BCUT2D eigenvalue weighted by Gasteiger charge is 2.31. The van der Waals surface area contributed by atoms with Gasteiger partial charge in [-0.3, -0.25) is 9.78 Å². The quantitative estimate of drug-likeness (QED) is 0.761. The Morgan fingerprint density at radius 1 is 1.18 bits per heavy atom. The van der Waals surface area contributed by atoms with Gasteiger partial charge in [-0.25, -0.2) is 0 Å². The van der Waals surface area contributed by atoms with Crippen molar-refractivity contribution in [1.82, 2.24) is 9.88 Å². The minimum Gasteiger partial charge on any atom is -0.370 e. The Balaban J connectivity index is 1.52. The van der Waals surface area contributed by atoms with Crippen LogP contribution >= 0.6 is 11.6 Å². The van der Waals surface area contributed by atoms with E-state index in [1.807, 2.05) is 18.2 Å². The number of carbonyl (C=O) groups is 1. The summed E-state index contributed by atoms with van der Waals surface area (Å²) in [6, 6.07) is 7.85. The highest BCUT2D eigenvalue weighted by molar-refractivity contribution is 6.31. The van der Waals surface area contributed by atoms with Gasteiger partial charge >= 0.3 is 0 Å². The molecule has 5 nitrogen and oxygen atoms in total. The second kappa shape index (κ2) is 7.97. The zero-order chi connectivity index (χ0) is 19.7. The number of pyridine rings is 1. The van der Waals surface area contributed by atoms with Gasteiger partial charge in [-0.05, 0) is 49.8 Å². The van der Waals surface area contributed by atoms with Gasteiger partial charge in [-0.15, -0.1) is 0 Å². The molecular formula is C22H25ClN4O. The van der Waals surface area contributed by atoms with E-state index in [1.54, 1.807) is 6.20 Å². The molecule has 0 atom stereocenters. The fourth-order valence-corrected chi connectivity index (χ4v) is 4.58. The van der Waals surface area contributed by atoms with Gasteiger partial charge < -0.3 is 9.80 Å². The Bertz CT molecular complexity index is 922. The first-order valence-electron chi connectivity index (χ1n) is 10.1. The fraction of sp³-hybridized carbons (Fsp3) is 0.500. The molecule has 2 fully saturated rings. The van der Waals surface area contributed by atoms with Crippen LogP contribution in [0.3, 0.4) is 0 Å². The highest BCUT2D eigenvalue weighted by atomic mass is 35.5. The summed E-state index contributed by atoms with van der Waals surface area (Å²) in [5.74, 6) is 1.13. The van der Waals surface area contributed by atoms with Crippen molar-refractivity contribution in [1.29, 1.82) is 5.26 Å². The molecule has 6 heteroatoms. The largest absolute Gasteiger partial charge is 0.370 e. The molecule has 2 aromatic rings. The second-order valence-corrected chi connectivity index (χ2v) is 8.50. The number of piperidine rings is 2. The minimum atomic E-state index is 0.0897. The van der Waals surface area contributed by atoms with Crippen molar-refractivity contribution in [3.63, 3.8) is 0 Å². The number of benzene rings is 1. The Morgan fingerprint density at radius 2 is 1.89 bits per heavy atom. The lowest BCUT2D eigenvalue weighted by Crippen LogP contribution is -2.45. The van der Waals surface area contributed by atoms with Crippen molar-refractivity contribution in [3.8, 4) is 6.07 Å². The van der Waals surface area contributed by atoms with E-state index in [4.69, 9.17) is 11.6 Å². The van der Waals surface area contributed by atoms with Crippen LogP contribution in [0.25, 0.3) is 10.9 Å². The Hall–Kier alpha value is -2.32. The molecular weight excluding hydrogens is 372 g/mol. The number of nitriles is 1. The molecule has 0 bridgehead atoms. The first-order chi connectivity index (χ1) is 13.6. The monoisotopic (exact) mass is 396 g/mol. The maximum Gasteiger partial charge on any atom is 0.225 e. The number of rotatable bonds is 2. The average molecular weight is 397 g/mol. The van der Waals surface area contributed by atoms with Crippen LogP contribution < -0.4 is 4.90 Å². The SMILES string of the molecule is CC1CCN(C(=O)C2CCN(c3c(C#N)cnc4ccc(Cl)cc34)CC2)CC1. The molecule has 2 aliphatic rings. The van der Waals surface area contributed by atoms with Crippen LogP contribution in [0, 0.1) is 23.2 Å². The first-order valence-corrected chi connectivity index (χ1v) is 10.5. The predicted molar refractivity (Wildman–Crippen MR) is 111 cm³/mol. The van der Waals surface area contributed by atoms with Crippen molar-refractivity contribution >= 4 is 34.1 Å². The van der Waals surface area contributed by atoms with Gasteiger partial charge in [-0.2, -0.15) is 5.26 Å². The summed E-state index contributed by atoms with van der Waals surface area (Å²) in [7, 11) is 0. The summed E-state index contributed by atoms with van der Waals surface area (Å²) >= 11 is 6.21. The summed E-state index contributed by atoms with van der Waals surface area (Å²) in [5.41, 5.74) is 2.29. The van der Waals surface area contributed by atoms with Crippen molar-refractivity contribution in [2.45, 2.75) is 32.6 Å². The van der Waals surface area contributed by atoms with E-state index in [0.717, 1.165) is 74.4 Å². The van der Waals surface area contributed by atoms with E-state index in [-0.39, 0.29) is 5.92 Å². The van der Waals surface area contributed by atoms with E-state index in [1.165, 1.54) is 0 Å². The molecule has 1 amide bonds. The van der Waals surface area contributed by atoms with E-state index in [9.17, 15) is 10.1 Å². The lowest BCUT2D eigenvalue weighted by molar-refractivity contribution is -0.137. The van der Waals surface area contributed by atoms with Crippen LogP contribution in [0.5, 0.6) is 0 Å². The van der Waals surface area contributed by atoms with Crippen LogP contribution in [0.15, 0.2) is 24.4 Å². The van der Waals surface area contributed by atoms with Crippen molar-refractivity contribution in [3.05, 3.63) is 35.0 Å². The lowest BCUT2D eigenvalue weighted by atomic mass is 9.92. The molecule has 0 saturated carbocycles. The summed E-state index contributed by atoms with van der Waals surface area (Å²) in [5, 5.41) is 11.1. The Kier molecular flexibility index (Phi) is 5.41. The number of nitrogens with zero attached hydrogens (tertiary/aromatic N) is 4. The van der Waals surface area contributed by atoms with Crippen LogP contribution in [-0.4, -0.2) is 42.0 Å². The number of halogens is 1. The molecule has 3 heterocycles. The Morgan fingerprint density at radius 3 is 2.57 bits per heavy atom. The topological polar surface area (TPSA) is 60.2 Å². The standard InChI is InChI=1S/C22H25ClN4O/c1-15-4-8-27(9-5-15)22(28)16-6-10-26(11-7-16)21-17(13-24)14-25-20-3-2-18(23)12-19(20)21/h2-3,12,14-16H,4-11H2,1H3. The fourth-order valence-electron chi connectivity index (χ4n) is 4.41. The highest BCUT2D eigenvalue weighted by Crippen LogP contribution is 2.34. The molecule has 0 unspecified atom stereocenters. The average Bonchev–Trinajstić information content (AvgIpc) is 2.73. The van der Waals surface area contributed by atoms with Gasteiger partial charge in [0.1, 0.15) is 6.07 Å². The van der Waals surface area contributed by atoms with Crippen molar-refractivity contribution in [2.75, 3.05) is 31.1 Å².